The monoisotopic (exact) mass is 340 g/mol. The molecule has 1 aliphatic rings. The Labute approximate surface area is 145 Å². The van der Waals surface area contributed by atoms with E-state index in [-0.39, 0.29) is 17.4 Å². The molecule has 0 unspecified atom stereocenters. The zero-order chi connectivity index (χ0) is 17.8. The standard InChI is InChI=1S/C18H20N4O3/c1-13-8-9-16(22(24)25)18(20-13)19-10-4-7-17(23)21-11-14-5-2-3-6-15(14)12-21/h2-3,5-6,8-9H,4,7,10-12H2,1H3,(H,19,20). The number of pyridine rings is 1. The maximum Gasteiger partial charge on any atom is 0.311 e. The lowest BCUT2D eigenvalue weighted by Gasteiger charge is -2.15. The van der Waals surface area contributed by atoms with Crippen molar-refractivity contribution in [2.75, 3.05) is 11.9 Å². The molecule has 0 spiro atoms. The zero-order valence-electron chi connectivity index (χ0n) is 14.1. The summed E-state index contributed by atoms with van der Waals surface area (Å²) in [6.07, 6.45) is 0.999. The van der Waals surface area contributed by atoms with Crippen LogP contribution in [0.1, 0.15) is 29.7 Å². The number of hydrogen-bond donors (Lipinski definition) is 1. The van der Waals surface area contributed by atoms with Gasteiger partial charge in [-0.15, -0.1) is 0 Å². The minimum atomic E-state index is -0.457. The van der Waals surface area contributed by atoms with E-state index in [4.69, 9.17) is 0 Å². The summed E-state index contributed by atoms with van der Waals surface area (Å²) in [5.41, 5.74) is 3.06. The highest BCUT2D eigenvalue weighted by atomic mass is 16.6. The molecule has 2 aromatic rings. The fourth-order valence-electron chi connectivity index (χ4n) is 2.94. The Morgan fingerprint density at radius 2 is 1.92 bits per heavy atom. The number of carbonyl (C=O) groups excluding carboxylic acids is 1. The second-order valence-corrected chi connectivity index (χ2v) is 6.13. The number of amides is 1. The van der Waals surface area contributed by atoms with Gasteiger partial charge < -0.3 is 10.2 Å². The molecule has 0 aliphatic carbocycles. The number of benzene rings is 1. The van der Waals surface area contributed by atoms with E-state index in [2.05, 4.69) is 10.3 Å². The number of nitro groups is 1. The van der Waals surface area contributed by atoms with Gasteiger partial charge in [-0.3, -0.25) is 14.9 Å². The molecule has 7 nitrogen and oxygen atoms in total. The number of carbonyl (C=O) groups is 1. The van der Waals surface area contributed by atoms with Gasteiger partial charge in [0.2, 0.25) is 11.7 Å². The Bertz CT molecular complexity index is 782. The van der Waals surface area contributed by atoms with E-state index in [0.717, 1.165) is 0 Å². The third kappa shape index (κ3) is 3.93. The molecule has 0 bridgehead atoms. The van der Waals surface area contributed by atoms with E-state index in [9.17, 15) is 14.9 Å². The number of rotatable bonds is 6. The Hall–Kier alpha value is -2.96. The lowest BCUT2D eigenvalue weighted by Crippen LogP contribution is -2.25. The van der Waals surface area contributed by atoms with E-state index in [1.165, 1.54) is 17.2 Å². The minimum absolute atomic E-state index is 0.0491. The maximum atomic E-state index is 12.3. The van der Waals surface area contributed by atoms with Crippen LogP contribution in [0.4, 0.5) is 11.5 Å². The molecular weight excluding hydrogens is 320 g/mol. The van der Waals surface area contributed by atoms with Gasteiger partial charge in [0.05, 0.1) is 4.92 Å². The van der Waals surface area contributed by atoms with E-state index in [1.807, 2.05) is 29.2 Å². The van der Waals surface area contributed by atoms with Gasteiger partial charge in [0.15, 0.2) is 0 Å². The van der Waals surface area contributed by atoms with Gasteiger partial charge in [-0.1, -0.05) is 24.3 Å². The highest BCUT2D eigenvalue weighted by Gasteiger charge is 2.22. The van der Waals surface area contributed by atoms with Crippen molar-refractivity contribution in [1.29, 1.82) is 0 Å². The molecule has 0 radical (unpaired) electrons. The number of fused-ring (bicyclic) bond motifs is 1. The molecule has 1 amide bonds. The largest absolute Gasteiger partial charge is 0.364 e. The molecule has 1 N–H and O–H groups in total. The van der Waals surface area contributed by atoms with Crippen molar-refractivity contribution in [2.45, 2.75) is 32.9 Å². The predicted octanol–water partition coefficient (Wildman–Crippen LogP) is 3.03. The van der Waals surface area contributed by atoms with Gasteiger partial charge in [-0.05, 0) is 30.5 Å². The fourth-order valence-corrected chi connectivity index (χ4v) is 2.94. The Balaban J connectivity index is 1.49. The molecule has 0 fully saturated rings. The first-order valence-corrected chi connectivity index (χ1v) is 8.25. The van der Waals surface area contributed by atoms with Gasteiger partial charge in [-0.2, -0.15) is 0 Å². The Morgan fingerprint density at radius 3 is 2.56 bits per heavy atom. The molecule has 2 heterocycles. The number of anilines is 1. The van der Waals surface area contributed by atoms with Crippen molar-refractivity contribution in [2.24, 2.45) is 0 Å². The third-order valence-corrected chi connectivity index (χ3v) is 4.26. The second-order valence-electron chi connectivity index (χ2n) is 6.13. The van der Waals surface area contributed by atoms with Crippen LogP contribution in [0.3, 0.4) is 0 Å². The summed E-state index contributed by atoms with van der Waals surface area (Å²) in [5, 5.41) is 14.0. The molecule has 7 heteroatoms. The lowest BCUT2D eigenvalue weighted by molar-refractivity contribution is -0.384. The van der Waals surface area contributed by atoms with Crippen molar-refractivity contribution in [1.82, 2.24) is 9.88 Å². The lowest BCUT2D eigenvalue weighted by atomic mass is 10.1. The van der Waals surface area contributed by atoms with Crippen molar-refractivity contribution in [3.63, 3.8) is 0 Å². The number of aryl methyl sites for hydroxylation is 1. The van der Waals surface area contributed by atoms with Crippen LogP contribution in [-0.2, 0) is 17.9 Å². The van der Waals surface area contributed by atoms with Crippen LogP contribution in [0.15, 0.2) is 36.4 Å². The quantitative estimate of drug-likeness (QED) is 0.496. The molecule has 0 atom stereocenters. The Kier molecular flexibility index (Phi) is 4.92. The smallest absolute Gasteiger partial charge is 0.311 e. The summed E-state index contributed by atoms with van der Waals surface area (Å²) in [4.78, 5) is 28.9. The summed E-state index contributed by atoms with van der Waals surface area (Å²) in [6, 6.07) is 11.1. The van der Waals surface area contributed by atoms with Crippen LogP contribution in [0, 0.1) is 17.0 Å². The van der Waals surface area contributed by atoms with Crippen LogP contribution in [-0.4, -0.2) is 27.3 Å². The fraction of sp³-hybridized carbons (Fsp3) is 0.333. The van der Waals surface area contributed by atoms with Gasteiger partial charge in [-0.25, -0.2) is 4.98 Å². The van der Waals surface area contributed by atoms with Gasteiger partial charge in [0.1, 0.15) is 0 Å². The predicted molar refractivity (Wildman–Crippen MR) is 94.0 cm³/mol. The molecule has 0 saturated heterocycles. The summed E-state index contributed by atoms with van der Waals surface area (Å²) in [6.45, 7) is 3.56. The zero-order valence-corrected chi connectivity index (χ0v) is 14.1. The van der Waals surface area contributed by atoms with E-state index < -0.39 is 4.92 Å². The minimum Gasteiger partial charge on any atom is -0.364 e. The van der Waals surface area contributed by atoms with E-state index >= 15 is 0 Å². The Morgan fingerprint density at radius 1 is 1.24 bits per heavy atom. The van der Waals surface area contributed by atoms with Gasteiger partial charge >= 0.3 is 5.69 Å². The van der Waals surface area contributed by atoms with Crippen LogP contribution in [0.5, 0.6) is 0 Å². The van der Waals surface area contributed by atoms with Crippen molar-refractivity contribution in [3.8, 4) is 0 Å². The number of nitrogens with one attached hydrogen (secondary N) is 1. The molecule has 1 aromatic heterocycles. The highest BCUT2D eigenvalue weighted by Crippen LogP contribution is 2.24. The molecular formula is C18H20N4O3. The topological polar surface area (TPSA) is 88.4 Å². The summed E-state index contributed by atoms with van der Waals surface area (Å²) >= 11 is 0. The molecule has 0 saturated carbocycles. The molecule has 130 valence electrons. The van der Waals surface area contributed by atoms with Crippen molar-refractivity contribution >= 4 is 17.4 Å². The number of nitrogens with zero attached hydrogens (tertiary/aromatic N) is 3. The first kappa shape index (κ1) is 16.9. The van der Waals surface area contributed by atoms with Crippen molar-refractivity contribution in [3.05, 3.63) is 63.3 Å². The SMILES string of the molecule is Cc1ccc([N+](=O)[O-])c(NCCCC(=O)N2Cc3ccccc3C2)n1. The first-order valence-electron chi connectivity index (χ1n) is 8.25. The summed E-state index contributed by atoms with van der Waals surface area (Å²) in [5.74, 6) is 0.357. The summed E-state index contributed by atoms with van der Waals surface area (Å²) < 4.78 is 0. The number of hydrogen-bond acceptors (Lipinski definition) is 5. The molecule has 1 aromatic carbocycles. The van der Waals surface area contributed by atoms with E-state index in [1.54, 1.807) is 13.0 Å². The average molecular weight is 340 g/mol. The van der Waals surface area contributed by atoms with Crippen LogP contribution in [0.2, 0.25) is 0 Å². The summed E-state index contributed by atoms with van der Waals surface area (Å²) in [7, 11) is 0. The van der Waals surface area contributed by atoms with E-state index in [0.29, 0.717) is 38.2 Å². The average Bonchev–Trinajstić information content (AvgIpc) is 3.02. The molecule has 3 rings (SSSR count). The number of aromatic nitrogens is 1. The highest BCUT2D eigenvalue weighted by molar-refractivity contribution is 5.77. The van der Waals surface area contributed by atoms with Crippen LogP contribution in [0.25, 0.3) is 0 Å². The van der Waals surface area contributed by atoms with Gasteiger partial charge in [0, 0.05) is 37.8 Å². The van der Waals surface area contributed by atoms with Crippen molar-refractivity contribution < 1.29 is 9.72 Å². The van der Waals surface area contributed by atoms with Gasteiger partial charge in [0.25, 0.3) is 0 Å². The normalized spacial score (nSPS) is 12.8. The first-order chi connectivity index (χ1) is 12.0. The third-order valence-electron chi connectivity index (χ3n) is 4.26. The molecule has 1 aliphatic heterocycles. The van der Waals surface area contributed by atoms with Crippen LogP contribution >= 0.6 is 0 Å². The second kappa shape index (κ2) is 7.29. The molecule has 25 heavy (non-hydrogen) atoms. The van der Waals surface area contributed by atoms with Crippen LogP contribution < -0.4 is 5.32 Å². The maximum absolute atomic E-state index is 12.3.